The Labute approximate surface area is 78.0 Å². The molecule has 0 aromatic heterocycles. The quantitative estimate of drug-likeness (QED) is 0.301. The monoisotopic (exact) mass is 352 g/mol. The van der Waals surface area contributed by atoms with Crippen molar-refractivity contribution in [2.75, 3.05) is 0 Å². The van der Waals surface area contributed by atoms with Crippen LogP contribution < -0.4 is 0 Å². The Morgan fingerprint density at radius 3 is 0.727 bits per heavy atom. The van der Waals surface area contributed by atoms with Gasteiger partial charge in [-0.05, 0) is 0 Å². The topological polar surface area (TPSA) is 0 Å². The minimum atomic E-state index is -4.12. The molecule has 0 fully saturated rings. The Balaban J connectivity index is -0.0000000886. The molecule has 0 atom stereocenters. The van der Waals surface area contributed by atoms with Gasteiger partial charge >= 0.3 is 52.7 Å². The van der Waals surface area contributed by atoms with E-state index in [1.165, 1.54) is 0 Å². The molecule has 0 saturated carbocycles. The number of rotatable bonds is 0. The van der Waals surface area contributed by atoms with Crippen LogP contribution in [0.5, 0.6) is 0 Å². The molecule has 11 heavy (non-hydrogen) atoms. The third kappa shape index (κ3) is 387. The zero-order chi connectivity index (χ0) is 9.86. The molecule has 0 N–H and O–H groups in total. The second-order valence-electron chi connectivity index (χ2n) is 0.429. The predicted molar refractivity (Wildman–Crippen MR) is 32.2 cm³/mol. The molecule has 0 rings (SSSR count). The van der Waals surface area contributed by atoms with E-state index in [1.807, 2.05) is 0 Å². The van der Waals surface area contributed by atoms with Crippen LogP contribution in [0, 0.1) is 0 Å². The fourth-order valence-corrected chi connectivity index (χ4v) is 0. The van der Waals surface area contributed by atoms with E-state index < -0.39 is 17.7 Å². The molecular formula is Cl2F6P2Pd. The van der Waals surface area contributed by atoms with Crippen LogP contribution in [0.1, 0.15) is 0 Å². The first-order valence-electron chi connectivity index (χ1n) is 1.25. The van der Waals surface area contributed by atoms with Gasteiger partial charge in [0.15, 0.2) is 0 Å². The van der Waals surface area contributed by atoms with E-state index in [1.54, 1.807) is 0 Å². The molecule has 0 nitrogen and oxygen atoms in total. The van der Waals surface area contributed by atoms with E-state index in [4.69, 9.17) is 19.1 Å². The van der Waals surface area contributed by atoms with E-state index >= 15 is 0 Å². The first-order valence-corrected chi connectivity index (χ1v) is 7.29. The Hall–Kier alpha value is 1.68. The molecule has 0 aromatic rings. The van der Waals surface area contributed by atoms with Crippen molar-refractivity contribution in [3.8, 4) is 0 Å². The minimum absolute atomic E-state index is 0.106. The molecule has 0 bridgehead atoms. The van der Waals surface area contributed by atoms with Gasteiger partial charge in [0.1, 0.15) is 0 Å². The van der Waals surface area contributed by atoms with Crippen LogP contribution in [-0.4, -0.2) is 0 Å². The molecule has 76 valence electrons. The third-order valence-electron chi connectivity index (χ3n) is 0. The van der Waals surface area contributed by atoms with Gasteiger partial charge in [-0.25, -0.2) is 0 Å². The van der Waals surface area contributed by atoms with Gasteiger partial charge in [0, 0.05) is 0 Å². The summed E-state index contributed by atoms with van der Waals surface area (Å²) >= 11 is -0.106. The summed E-state index contributed by atoms with van der Waals surface area (Å²) < 4.78 is 58.4. The fraction of sp³-hybridized carbons (Fsp3) is 0. The summed E-state index contributed by atoms with van der Waals surface area (Å²) in [4.78, 5) is 0. The summed E-state index contributed by atoms with van der Waals surface area (Å²) in [6.45, 7) is 0. The van der Waals surface area contributed by atoms with Gasteiger partial charge in [-0.2, -0.15) is 25.2 Å². The van der Waals surface area contributed by atoms with E-state index in [9.17, 15) is 25.2 Å². The molecule has 0 aliphatic heterocycles. The van der Waals surface area contributed by atoms with E-state index in [0.29, 0.717) is 0 Å². The normalized spacial score (nSPS) is 8.55. The molecule has 0 saturated heterocycles. The number of hydrogen-bond acceptors (Lipinski definition) is 0. The molecule has 11 heteroatoms. The molecule has 0 amide bonds. The van der Waals surface area contributed by atoms with E-state index in [2.05, 4.69) is 0 Å². The van der Waals surface area contributed by atoms with Crippen molar-refractivity contribution in [1.82, 2.24) is 0 Å². The standard InChI is InChI=1S/2ClH.2F3P.Pd/c;;2*1-4(2)3;/h2*1H;;;/q;;;;+2/p-2. The van der Waals surface area contributed by atoms with Crippen LogP contribution in [0.4, 0.5) is 25.2 Å². The van der Waals surface area contributed by atoms with Gasteiger partial charge in [0.25, 0.3) is 0 Å². The van der Waals surface area contributed by atoms with Gasteiger partial charge in [-0.1, -0.05) is 0 Å². The van der Waals surface area contributed by atoms with Crippen molar-refractivity contribution >= 4 is 36.8 Å². The second kappa shape index (κ2) is 17.7. The maximum absolute atomic E-state index is 9.73. The Morgan fingerprint density at radius 2 is 0.727 bits per heavy atom. The molecule has 0 aromatic carbocycles. The van der Waals surface area contributed by atoms with Crippen LogP contribution in [0.15, 0.2) is 0 Å². The van der Waals surface area contributed by atoms with Crippen molar-refractivity contribution in [2.24, 2.45) is 0 Å². The summed E-state index contributed by atoms with van der Waals surface area (Å²) in [5, 5.41) is 0. The van der Waals surface area contributed by atoms with Gasteiger partial charge in [-0.3, -0.25) is 0 Å². The molecule has 0 unspecified atom stereocenters. The van der Waals surface area contributed by atoms with Crippen LogP contribution in [0.25, 0.3) is 0 Å². The fourth-order valence-electron chi connectivity index (χ4n) is 0. The molecule has 0 aliphatic carbocycles. The predicted octanol–water partition coefficient (Wildman–Crippen LogP) is 5.62. The first kappa shape index (κ1) is 18.5. The summed E-state index contributed by atoms with van der Waals surface area (Å²) in [6, 6.07) is 0. The second-order valence-corrected chi connectivity index (χ2v) is 3.56. The average molecular weight is 353 g/mol. The molecule has 0 heterocycles. The van der Waals surface area contributed by atoms with Crippen LogP contribution in [0.3, 0.4) is 0 Å². The van der Waals surface area contributed by atoms with Crippen LogP contribution >= 0.6 is 36.8 Å². The summed E-state index contributed by atoms with van der Waals surface area (Å²) in [5.74, 6) is 0. The third-order valence-corrected chi connectivity index (χ3v) is 0. The first-order chi connectivity index (χ1) is 4.88. The molecule has 0 radical (unpaired) electrons. The van der Waals surface area contributed by atoms with Gasteiger partial charge in [0.2, 0.25) is 0 Å². The Kier molecular flexibility index (Phi) is 29.7. The molecule has 0 spiro atoms. The SMILES string of the molecule is FP(F)F.FP(F)F.[Cl][Pd][Cl]. The Bertz CT molecular complexity index is 42.3. The van der Waals surface area contributed by atoms with Crippen molar-refractivity contribution in [3.05, 3.63) is 0 Å². The zero-order valence-electron chi connectivity index (χ0n) is 4.23. The van der Waals surface area contributed by atoms with Crippen molar-refractivity contribution in [1.29, 1.82) is 0 Å². The van der Waals surface area contributed by atoms with Gasteiger partial charge in [-0.15, -0.1) is 0 Å². The van der Waals surface area contributed by atoms with Crippen LogP contribution in [0.2, 0.25) is 0 Å². The number of hydrogen-bond donors (Lipinski definition) is 0. The maximum atomic E-state index is 9.73. The van der Waals surface area contributed by atoms with Crippen LogP contribution in [-0.2, 0) is 15.9 Å². The van der Waals surface area contributed by atoms with E-state index in [0.717, 1.165) is 0 Å². The molecule has 0 aliphatic rings. The average Bonchev–Trinajstić information content (AvgIpc) is 1.60. The van der Waals surface area contributed by atoms with E-state index in [-0.39, 0.29) is 15.9 Å². The van der Waals surface area contributed by atoms with Gasteiger partial charge < -0.3 is 0 Å². The van der Waals surface area contributed by atoms with Crippen molar-refractivity contribution in [2.45, 2.75) is 0 Å². The number of halogens is 8. The van der Waals surface area contributed by atoms with Crippen molar-refractivity contribution < 1.29 is 41.1 Å². The van der Waals surface area contributed by atoms with Gasteiger partial charge in [0.05, 0.1) is 0 Å². The molecular weight excluding hydrogens is 353 g/mol. The zero-order valence-corrected chi connectivity index (χ0v) is 9.09. The summed E-state index contributed by atoms with van der Waals surface area (Å²) in [7, 11) is 1.39. The Morgan fingerprint density at radius 1 is 0.727 bits per heavy atom. The summed E-state index contributed by atoms with van der Waals surface area (Å²) in [5.41, 5.74) is 0. The summed E-state index contributed by atoms with van der Waals surface area (Å²) in [6.07, 6.45) is 0. The van der Waals surface area contributed by atoms with Crippen molar-refractivity contribution in [3.63, 3.8) is 0 Å².